The first kappa shape index (κ1) is 16.4. The van der Waals surface area contributed by atoms with Crippen molar-refractivity contribution in [1.29, 1.82) is 0 Å². The number of carbonyl (C=O) groups is 2. The zero-order valence-corrected chi connectivity index (χ0v) is 13.1. The minimum Gasteiger partial charge on any atom is -0.480 e. The van der Waals surface area contributed by atoms with Crippen molar-refractivity contribution in [3.05, 3.63) is 40.4 Å². The summed E-state index contributed by atoms with van der Waals surface area (Å²) >= 11 is 3.34. The normalized spacial score (nSPS) is 13.9. The van der Waals surface area contributed by atoms with Crippen LogP contribution in [0.2, 0.25) is 0 Å². The Morgan fingerprint density at radius 3 is 2.70 bits per heavy atom. The lowest BCUT2D eigenvalue weighted by Crippen LogP contribution is -2.44. The quantitative estimate of drug-likeness (QED) is 0.782. The molecule has 1 rings (SSSR count). The Morgan fingerprint density at radius 2 is 2.15 bits per heavy atom. The summed E-state index contributed by atoms with van der Waals surface area (Å²) in [6.07, 6.45) is 3.68. The molecule has 0 aliphatic rings. The topological polar surface area (TPSA) is 66.4 Å². The molecule has 2 N–H and O–H groups in total. The van der Waals surface area contributed by atoms with Gasteiger partial charge in [0.25, 0.3) is 0 Å². The van der Waals surface area contributed by atoms with Crippen LogP contribution in [-0.2, 0) is 9.59 Å². The van der Waals surface area contributed by atoms with Crippen LogP contribution in [0.5, 0.6) is 0 Å². The summed E-state index contributed by atoms with van der Waals surface area (Å²) < 4.78 is 0.920. The molecule has 0 spiro atoms. The first-order valence-corrected chi connectivity index (χ1v) is 7.20. The Morgan fingerprint density at radius 1 is 1.45 bits per heavy atom. The van der Waals surface area contributed by atoms with Crippen LogP contribution in [0, 0.1) is 5.92 Å². The zero-order chi connectivity index (χ0) is 15.1. The molecule has 4 nitrogen and oxygen atoms in total. The van der Waals surface area contributed by atoms with E-state index in [1.54, 1.807) is 13.0 Å². The van der Waals surface area contributed by atoms with E-state index in [0.717, 1.165) is 10.0 Å². The Kier molecular flexibility index (Phi) is 6.45. The maximum absolute atomic E-state index is 11.8. The molecule has 2 atom stereocenters. The summed E-state index contributed by atoms with van der Waals surface area (Å²) in [5, 5.41) is 11.6. The summed E-state index contributed by atoms with van der Waals surface area (Å²) in [5.74, 6) is -1.53. The average Bonchev–Trinajstić information content (AvgIpc) is 2.41. The van der Waals surface area contributed by atoms with Crippen LogP contribution in [0.25, 0.3) is 6.08 Å². The van der Waals surface area contributed by atoms with Crippen LogP contribution in [0.3, 0.4) is 0 Å². The van der Waals surface area contributed by atoms with Crippen molar-refractivity contribution in [2.24, 2.45) is 5.92 Å². The summed E-state index contributed by atoms with van der Waals surface area (Å²) in [6.45, 7) is 3.70. The molecule has 0 aliphatic carbocycles. The summed E-state index contributed by atoms with van der Waals surface area (Å²) in [5.41, 5.74) is 0.866. The van der Waals surface area contributed by atoms with Crippen LogP contribution in [0.15, 0.2) is 34.8 Å². The number of rotatable bonds is 6. The third-order valence-electron chi connectivity index (χ3n) is 3.05. The molecule has 108 valence electrons. The number of hydrogen-bond donors (Lipinski definition) is 2. The number of carbonyl (C=O) groups excluding carboxylic acids is 1. The molecular weight excluding hydrogens is 322 g/mol. The molecule has 0 fully saturated rings. The number of carboxylic acid groups (broad SMARTS) is 1. The van der Waals surface area contributed by atoms with E-state index < -0.39 is 17.9 Å². The van der Waals surface area contributed by atoms with Crippen molar-refractivity contribution >= 4 is 33.9 Å². The standard InChI is InChI=1S/C15H18BrNO3/c1-3-10(2)14(15(19)20)17-13(18)8-7-11-5-4-6-12(16)9-11/h4-10,14H,3H2,1-2H3,(H,17,18)(H,19,20)/b8-7+. The third-order valence-corrected chi connectivity index (χ3v) is 3.55. The van der Waals surface area contributed by atoms with Gasteiger partial charge in [-0.25, -0.2) is 4.79 Å². The Balaban J connectivity index is 2.68. The Hall–Kier alpha value is -1.62. The number of aliphatic carboxylic acids is 1. The Bertz CT molecular complexity index is 514. The predicted octanol–water partition coefficient (Wildman–Crippen LogP) is 3.08. The highest BCUT2D eigenvalue weighted by molar-refractivity contribution is 9.10. The number of benzene rings is 1. The van der Waals surface area contributed by atoms with E-state index >= 15 is 0 Å². The van der Waals surface area contributed by atoms with E-state index in [2.05, 4.69) is 21.2 Å². The van der Waals surface area contributed by atoms with Gasteiger partial charge in [0.05, 0.1) is 0 Å². The van der Waals surface area contributed by atoms with Gasteiger partial charge in [0.1, 0.15) is 6.04 Å². The maximum atomic E-state index is 11.8. The van der Waals surface area contributed by atoms with Crippen LogP contribution < -0.4 is 5.32 Å². The molecule has 0 aliphatic heterocycles. The molecule has 0 bridgehead atoms. The largest absolute Gasteiger partial charge is 0.480 e. The van der Waals surface area contributed by atoms with Gasteiger partial charge in [0, 0.05) is 10.5 Å². The van der Waals surface area contributed by atoms with Crippen molar-refractivity contribution < 1.29 is 14.7 Å². The molecule has 1 aromatic rings. The second-order valence-electron chi connectivity index (χ2n) is 4.60. The lowest BCUT2D eigenvalue weighted by molar-refractivity contribution is -0.142. The SMILES string of the molecule is CCC(C)C(NC(=O)/C=C/c1cccc(Br)c1)C(=O)O. The number of amides is 1. The van der Waals surface area contributed by atoms with Gasteiger partial charge in [0.2, 0.25) is 5.91 Å². The van der Waals surface area contributed by atoms with Crippen molar-refractivity contribution in [3.63, 3.8) is 0 Å². The first-order valence-electron chi connectivity index (χ1n) is 6.41. The van der Waals surface area contributed by atoms with E-state index in [-0.39, 0.29) is 5.92 Å². The Labute approximate surface area is 127 Å². The minimum absolute atomic E-state index is 0.115. The minimum atomic E-state index is -1.01. The van der Waals surface area contributed by atoms with E-state index in [4.69, 9.17) is 5.11 Å². The second kappa shape index (κ2) is 7.85. The fourth-order valence-corrected chi connectivity index (χ4v) is 2.08. The molecule has 5 heteroatoms. The maximum Gasteiger partial charge on any atom is 0.326 e. The second-order valence-corrected chi connectivity index (χ2v) is 5.51. The third kappa shape index (κ3) is 5.17. The van der Waals surface area contributed by atoms with Crippen molar-refractivity contribution in [3.8, 4) is 0 Å². The number of nitrogens with one attached hydrogen (secondary N) is 1. The highest BCUT2D eigenvalue weighted by Crippen LogP contribution is 2.13. The average molecular weight is 340 g/mol. The van der Waals surface area contributed by atoms with Crippen LogP contribution in [0.4, 0.5) is 0 Å². The summed E-state index contributed by atoms with van der Waals surface area (Å²) in [7, 11) is 0. The smallest absolute Gasteiger partial charge is 0.326 e. The van der Waals surface area contributed by atoms with Crippen LogP contribution >= 0.6 is 15.9 Å². The van der Waals surface area contributed by atoms with E-state index in [9.17, 15) is 9.59 Å². The van der Waals surface area contributed by atoms with Gasteiger partial charge in [-0.2, -0.15) is 0 Å². The zero-order valence-electron chi connectivity index (χ0n) is 11.5. The lowest BCUT2D eigenvalue weighted by atomic mass is 9.99. The summed E-state index contributed by atoms with van der Waals surface area (Å²) in [6, 6.07) is 6.62. The van der Waals surface area contributed by atoms with Crippen LogP contribution in [0.1, 0.15) is 25.8 Å². The van der Waals surface area contributed by atoms with Crippen molar-refractivity contribution in [2.75, 3.05) is 0 Å². The highest BCUT2D eigenvalue weighted by atomic mass is 79.9. The van der Waals surface area contributed by atoms with E-state index in [1.807, 2.05) is 31.2 Å². The van der Waals surface area contributed by atoms with Gasteiger partial charge in [-0.1, -0.05) is 48.3 Å². The van der Waals surface area contributed by atoms with Crippen LogP contribution in [-0.4, -0.2) is 23.0 Å². The lowest BCUT2D eigenvalue weighted by Gasteiger charge is -2.19. The molecule has 1 aromatic carbocycles. The fourth-order valence-electron chi connectivity index (χ4n) is 1.67. The molecule has 1 amide bonds. The highest BCUT2D eigenvalue weighted by Gasteiger charge is 2.24. The fraction of sp³-hybridized carbons (Fsp3) is 0.333. The molecule has 0 saturated carbocycles. The number of halogens is 1. The van der Waals surface area contributed by atoms with E-state index in [1.165, 1.54) is 6.08 Å². The van der Waals surface area contributed by atoms with Gasteiger partial charge in [-0.15, -0.1) is 0 Å². The predicted molar refractivity (Wildman–Crippen MR) is 82.2 cm³/mol. The number of carboxylic acids is 1. The molecule has 0 heterocycles. The molecule has 2 unspecified atom stereocenters. The molecule has 0 radical (unpaired) electrons. The first-order chi connectivity index (χ1) is 9.43. The number of hydrogen-bond acceptors (Lipinski definition) is 2. The van der Waals surface area contributed by atoms with Gasteiger partial charge < -0.3 is 10.4 Å². The molecule has 0 saturated heterocycles. The molecule has 20 heavy (non-hydrogen) atoms. The monoisotopic (exact) mass is 339 g/mol. The molecular formula is C15H18BrNO3. The van der Waals surface area contributed by atoms with Gasteiger partial charge in [-0.3, -0.25) is 4.79 Å². The van der Waals surface area contributed by atoms with E-state index in [0.29, 0.717) is 6.42 Å². The molecule has 0 aromatic heterocycles. The van der Waals surface area contributed by atoms with Gasteiger partial charge >= 0.3 is 5.97 Å². The van der Waals surface area contributed by atoms with Crippen molar-refractivity contribution in [1.82, 2.24) is 5.32 Å². The van der Waals surface area contributed by atoms with Gasteiger partial charge in [-0.05, 0) is 29.7 Å². The summed E-state index contributed by atoms with van der Waals surface area (Å²) in [4.78, 5) is 22.9. The van der Waals surface area contributed by atoms with Crippen molar-refractivity contribution in [2.45, 2.75) is 26.3 Å². The van der Waals surface area contributed by atoms with Gasteiger partial charge in [0.15, 0.2) is 0 Å².